The fourth-order valence-electron chi connectivity index (χ4n) is 3.76. The standard InChI is InChI=1S/C19H21N7O/c1-19(27)6-4-13(5-7-19)24-18-21-9-15-14(8-20-17(15)25-18)12-2-3-16-22-11-23-26(16)10-12/h2-3,8-11,13,27H,4-7H2,1H3,(H2,20,21,24,25)/t13-,19-. The van der Waals surface area contributed by atoms with Gasteiger partial charge in [0.05, 0.1) is 5.60 Å². The Hall–Kier alpha value is -3.00. The van der Waals surface area contributed by atoms with Gasteiger partial charge in [-0.15, -0.1) is 0 Å². The number of H-pyrrole nitrogens is 1. The summed E-state index contributed by atoms with van der Waals surface area (Å²) in [5.74, 6) is 0.620. The van der Waals surface area contributed by atoms with E-state index < -0.39 is 5.60 Å². The zero-order chi connectivity index (χ0) is 18.4. The van der Waals surface area contributed by atoms with Gasteiger partial charge in [-0.1, -0.05) is 0 Å². The van der Waals surface area contributed by atoms with Crippen LogP contribution in [0.5, 0.6) is 0 Å². The third kappa shape index (κ3) is 3.02. The zero-order valence-electron chi connectivity index (χ0n) is 15.1. The van der Waals surface area contributed by atoms with Crippen LogP contribution in [0.15, 0.2) is 37.1 Å². The van der Waals surface area contributed by atoms with Crippen molar-refractivity contribution in [3.8, 4) is 11.1 Å². The highest BCUT2D eigenvalue weighted by Crippen LogP contribution is 2.30. The average Bonchev–Trinajstić information content (AvgIpc) is 3.29. The van der Waals surface area contributed by atoms with Gasteiger partial charge in [-0.05, 0) is 44.7 Å². The second kappa shape index (κ2) is 6.02. The van der Waals surface area contributed by atoms with Gasteiger partial charge in [-0.3, -0.25) is 0 Å². The van der Waals surface area contributed by atoms with Crippen LogP contribution in [0.3, 0.4) is 0 Å². The van der Waals surface area contributed by atoms with Crippen LogP contribution in [0.1, 0.15) is 32.6 Å². The molecule has 3 N–H and O–H groups in total. The average molecular weight is 363 g/mol. The lowest BCUT2D eigenvalue weighted by atomic mass is 9.84. The molecule has 8 heteroatoms. The van der Waals surface area contributed by atoms with E-state index in [0.29, 0.717) is 12.0 Å². The molecule has 4 aromatic rings. The first-order valence-electron chi connectivity index (χ1n) is 9.20. The van der Waals surface area contributed by atoms with Crippen LogP contribution in [-0.2, 0) is 0 Å². The van der Waals surface area contributed by atoms with Crippen molar-refractivity contribution in [3.63, 3.8) is 0 Å². The van der Waals surface area contributed by atoms with Gasteiger partial charge in [-0.25, -0.2) is 14.5 Å². The lowest BCUT2D eigenvalue weighted by molar-refractivity contribution is 0.0196. The molecule has 138 valence electrons. The summed E-state index contributed by atoms with van der Waals surface area (Å²) in [6.45, 7) is 1.91. The Kier molecular flexibility index (Phi) is 3.61. The number of hydrogen-bond donors (Lipinski definition) is 3. The van der Waals surface area contributed by atoms with Gasteiger partial charge in [0.2, 0.25) is 5.95 Å². The lowest BCUT2D eigenvalue weighted by Crippen LogP contribution is -2.36. The molecule has 0 amide bonds. The van der Waals surface area contributed by atoms with E-state index >= 15 is 0 Å². The number of aromatic nitrogens is 6. The van der Waals surface area contributed by atoms with Crippen molar-refractivity contribution in [1.29, 1.82) is 0 Å². The minimum absolute atomic E-state index is 0.298. The molecule has 27 heavy (non-hydrogen) atoms. The molecule has 8 nitrogen and oxygen atoms in total. The Morgan fingerprint density at radius 2 is 2.11 bits per heavy atom. The monoisotopic (exact) mass is 363 g/mol. The van der Waals surface area contributed by atoms with Crippen LogP contribution < -0.4 is 5.32 Å². The quantitative estimate of drug-likeness (QED) is 0.517. The first kappa shape index (κ1) is 16.2. The molecule has 1 aliphatic carbocycles. The number of aromatic amines is 1. The molecule has 1 fully saturated rings. The van der Waals surface area contributed by atoms with Gasteiger partial charge in [0, 0.05) is 41.1 Å². The number of fused-ring (bicyclic) bond motifs is 2. The van der Waals surface area contributed by atoms with Crippen molar-refractivity contribution in [2.24, 2.45) is 0 Å². The van der Waals surface area contributed by atoms with Crippen molar-refractivity contribution in [3.05, 3.63) is 37.1 Å². The van der Waals surface area contributed by atoms with Crippen LogP contribution in [0, 0.1) is 0 Å². The molecule has 0 aliphatic heterocycles. The second-order valence-electron chi connectivity index (χ2n) is 7.55. The van der Waals surface area contributed by atoms with Gasteiger partial charge in [-0.2, -0.15) is 10.1 Å². The molecule has 0 saturated heterocycles. The SMILES string of the molecule is C[C@]1(O)CC[C@H](Nc2ncc3c(-c4ccc5ncnn5c4)c[nH]c3n2)CC1. The molecule has 0 aromatic carbocycles. The van der Waals surface area contributed by atoms with Crippen molar-refractivity contribution in [2.75, 3.05) is 5.32 Å². The maximum atomic E-state index is 10.1. The predicted molar refractivity (Wildman–Crippen MR) is 102 cm³/mol. The predicted octanol–water partition coefficient (Wildman–Crippen LogP) is 2.77. The molecule has 0 spiro atoms. The summed E-state index contributed by atoms with van der Waals surface area (Å²) in [6.07, 6.45) is 10.7. The highest BCUT2D eigenvalue weighted by atomic mass is 16.3. The molecule has 4 aromatic heterocycles. The van der Waals surface area contributed by atoms with Crippen LogP contribution in [-0.4, -0.2) is 46.3 Å². The maximum absolute atomic E-state index is 10.1. The first-order chi connectivity index (χ1) is 13.1. The molecule has 1 aliphatic rings. The minimum Gasteiger partial charge on any atom is -0.390 e. The Bertz CT molecular complexity index is 1100. The highest BCUT2D eigenvalue weighted by molar-refractivity contribution is 5.93. The molecule has 0 bridgehead atoms. The number of nitrogens with one attached hydrogen (secondary N) is 2. The molecular weight excluding hydrogens is 342 g/mol. The third-order valence-corrected chi connectivity index (χ3v) is 5.41. The normalized spacial score (nSPS) is 23.1. The van der Waals surface area contributed by atoms with Gasteiger partial charge in [0.25, 0.3) is 0 Å². The van der Waals surface area contributed by atoms with Crippen molar-refractivity contribution in [2.45, 2.75) is 44.2 Å². The number of rotatable bonds is 3. The molecular formula is C19H21N7O. The fraction of sp³-hybridized carbons (Fsp3) is 0.368. The highest BCUT2D eigenvalue weighted by Gasteiger charge is 2.28. The van der Waals surface area contributed by atoms with E-state index in [-0.39, 0.29) is 0 Å². The van der Waals surface area contributed by atoms with Gasteiger partial charge < -0.3 is 15.4 Å². The van der Waals surface area contributed by atoms with E-state index in [1.54, 1.807) is 10.8 Å². The van der Waals surface area contributed by atoms with Gasteiger partial charge >= 0.3 is 0 Å². The van der Waals surface area contributed by atoms with E-state index in [0.717, 1.165) is 53.5 Å². The van der Waals surface area contributed by atoms with E-state index in [2.05, 4.69) is 30.4 Å². The first-order valence-corrected chi connectivity index (χ1v) is 9.20. The van der Waals surface area contributed by atoms with Gasteiger partial charge in [0.1, 0.15) is 12.0 Å². The van der Waals surface area contributed by atoms with E-state index in [4.69, 9.17) is 0 Å². The minimum atomic E-state index is -0.539. The molecule has 0 unspecified atom stereocenters. The van der Waals surface area contributed by atoms with E-state index in [1.807, 2.05) is 37.6 Å². The Labute approximate surface area is 155 Å². The summed E-state index contributed by atoms with van der Waals surface area (Å²) < 4.78 is 1.75. The number of anilines is 1. The van der Waals surface area contributed by atoms with Crippen molar-refractivity contribution in [1.82, 2.24) is 29.5 Å². The second-order valence-corrected chi connectivity index (χ2v) is 7.55. The summed E-state index contributed by atoms with van der Waals surface area (Å²) in [5, 5.41) is 18.7. The molecule has 5 rings (SSSR count). The summed E-state index contributed by atoms with van der Waals surface area (Å²) in [4.78, 5) is 16.6. The number of nitrogens with zero attached hydrogens (tertiary/aromatic N) is 5. The van der Waals surface area contributed by atoms with E-state index in [1.165, 1.54) is 0 Å². The molecule has 1 saturated carbocycles. The molecule has 0 radical (unpaired) electrons. The smallest absolute Gasteiger partial charge is 0.224 e. The Morgan fingerprint density at radius 3 is 2.96 bits per heavy atom. The van der Waals surface area contributed by atoms with Crippen LogP contribution in [0.2, 0.25) is 0 Å². The third-order valence-electron chi connectivity index (χ3n) is 5.41. The van der Waals surface area contributed by atoms with Crippen LogP contribution in [0.4, 0.5) is 5.95 Å². The van der Waals surface area contributed by atoms with E-state index in [9.17, 15) is 5.11 Å². The lowest BCUT2D eigenvalue weighted by Gasteiger charge is -2.33. The fourth-order valence-corrected chi connectivity index (χ4v) is 3.76. The zero-order valence-corrected chi connectivity index (χ0v) is 15.1. The number of pyridine rings is 1. The summed E-state index contributed by atoms with van der Waals surface area (Å²) >= 11 is 0. The summed E-state index contributed by atoms with van der Waals surface area (Å²) in [5.41, 5.74) is 3.13. The number of hydrogen-bond acceptors (Lipinski definition) is 6. The van der Waals surface area contributed by atoms with Crippen molar-refractivity contribution < 1.29 is 5.11 Å². The van der Waals surface area contributed by atoms with Crippen LogP contribution in [0.25, 0.3) is 27.8 Å². The molecule has 4 heterocycles. The maximum Gasteiger partial charge on any atom is 0.224 e. The number of aliphatic hydroxyl groups is 1. The largest absolute Gasteiger partial charge is 0.390 e. The topological polar surface area (TPSA) is 104 Å². The van der Waals surface area contributed by atoms with Gasteiger partial charge in [0.15, 0.2) is 5.65 Å². The summed E-state index contributed by atoms with van der Waals surface area (Å²) in [6, 6.07) is 4.26. The Balaban J connectivity index is 1.41. The molecule has 0 atom stereocenters. The van der Waals surface area contributed by atoms with Crippen molar-refractivity contribution >= 4 is 22.6 Å². The van der Waals surface area contributed by atoms with Crippen LogP contribution >= 0.6 is 0 Å². The Morgan fingerprint density at radius 1 is 1.26 bits per heavy atom. The summed E-state index contributed by atoms with van der Waals surface area (Å²) in [7, 11) is 0.